The number of aliphatic imine (C=N–C) groups is 1. The van der Waals surface area contributed by atoms with Gasteiger partial charge >= 0.3 is 0 Å². The number of nitrogens with one attached hydrogen (secondary N) is 2. The van der Waals surface area contributed by atoms with Gasteiger partial charge in [0.15, 0.2) is 5.96 Å². The van der Waals surface area contributed by atoms with Crippen molar-refractivity contribution in [1.82, 2.24) is 10.6 Å². The molecule has 2 atom stereocenters. The van der Waals surface area contributed by atoms with E-state index in [4.69, 9.17) is 0 Å². The van der Waals surface area contributed by atoms with Gasteiger partial charge in [-0.15, -0.1) is 24.0 Å². The fraction of sp³-hybridized carbons (Fsp3) is 0.923. The van der Waals surface area contributed by atoms with E-state index in [9.17, 15) is 0 Å². The summed E-state index contributed by atoms with van der Waals surface area (Å²) < 4.78 is 0.399. The minimum absolute atomic E-state index is 0. The summed E-state index contributed by atoms with van der Waals surface area (Å²) in [5.41, 5.74) is 0.448. The number of thioether (sulfide) groups is 1. The first-order chi connectivity index (χ1) is 7.95. The van der Waals surface area contributed by atoms with E-state index in [-0.39, 0.29) is 24.0 Å². The summed E-state index contributed by atoms with van der Waals surface area (Å²) in [5, 5.41) is 6.98. The lowest BCUT2D eigenvalue weighted by Crippen LogP contribution is -2.45. The van der Waals surface area contributed by atoms with Crippen molar-refractivity contribution in [1.29, 1.82) is 0 Å². The van der Waals surface area contributed by atoms with Crippen LogP contribution in [0.15, 0.2) is 4.99 Å². The molecule has 2 fully saturated rings. The topological polar surface area (TPSA) is 36.4 Å². The van der Waals surface area contributed by atoms with E-state index in [0.29, 0.717) is 16.2 Å². The fourth-order valence-corrected chi connectivity index (χ4v) is 3.56. The smallest absolute Gasteiger partial charge is 0.191 e. The molecular formula is C13H26IN3S. The Hall–Kier alpha value is 0.350. The normalized spacial score (nSPS) is 33.8. The molecule has 1 aliphatic heterocycles. The summed E-state index contributed by atoms with van der Waals surface area (Å²) in [7, 11) is 1.86. The number of hydrogen-bond acceptors (Lipinski definition) is 2. The predicted octanol–water partition coefficient (Wildman–Crippen LogP) is 2.85. The summed E-state index contributed by atoms with van der Waals surface area (Å²) in [6.45, 7) is 7.97. The SMILES string of the molecule is CN=C(NCC1(C)CCCS1)NC1CC1(C)C.I. The van der Waals surface area contributed by atoms with Crippen molar-refractivity contribution in [3.8, 4) is 0 Å². The third kappa shape index (κ3) is 4.18. The highest BCUT2D eigenvalue weighted by Crippen LogP contribution is 2.44. The van der Waals surface area contributed by atoms with Crippen molar-refractivity contribution >= 4 is 41.7 Å². The molecule has 18 heavy (non-hydrogen) atoms. The first-order valence-electron chi connectivity index (χ1n) is 6.56. The molecule has 1 aliphatic carbocycles. The lowest BCUT2D eigenvalue weighted by atomic mass is 10.1. The van der Waals surface area contributed by atoms with Crippen LogP contribution in [0.4, 0.5) is 0 Å². The number of guanidine groups is 1. The molecule has 2 rings (SSSR count). The Kier molecular flexibility index (Phi) is 5.65. The second kappa shape index (κ2) is 6.20. The largest absolute Gasteiger partial charge is 0.355 e. The minimum Gasteiger partial charge on any atom is -0.355 e. The Morgan fingerprint density at radius 3 is 2.50 bits per heavy atom. The van der Waals surface area contributed by atoms with Crippen molar-refractivity contribution < 1.29 is 0 Å². The number of nitrogens with zero attached hydrogens (tertiary/aromatic N) is 1. The van der Waals surface area contributed by atoms with Crippen LogP contribution in [0, 0.1) is 5.41 Å². The Morgan fingerprint density at radius 1 is 1.39 bits per heavy atom. The molecular weight excluding hydrogens is 357 g/mol. The van der Waals surface area contributed by atoms with Gasteiger partial charge in [-0.05, 0) is 37.4 Å². The third-order valence-corrected chi connectivity index (χ3v) is 5.52. The van der Waals surface area contributed by atoms with Crippen LogP contribution >= 0.6 is 35.7 Å². The highest BCUT2D eigenvalue weighted by Gasteiger charge is 2.46. The molecule has 106 valence electrons. The lowest BCUT2D eigenvalue weighted by Gasteiger charge is -2.24. The molecule has 0 spiro atoms. The molecule has 0 bridgehead atoms. The maximum atomic E-state index is 4.31. The number of hydrogen-bond donors (Lipinski definition) is 2. The van der Waals surface area contributed by atoms with E-state index in [1.807, 2.05) is 7.05 Å². The van der Waals surface area contributed by atoms with Crippen LogP contribution in [0.1, 0.15) is 40.0 Å². The van der Waals surface area contributed by atoms with Gasteiger partial charge in [-0.1, -0.05) is 13.8 Å². The molecule has 2 aliphatic rings. The summed E-state index contributed by atoms with van der Waals surface area (Å²) in [4.78, 5) is 4.31. The van der Waals surface area contributed by atoms with Crippen LogP contribution in [0.5, 0.6) is 0 Å². The third-order valence-electron chi connectivity index (χ3n) is 3.98. The highest BCUT2D eigenvalue weighted by molar-refractivity contribution is 14.0. The van der Waals surface area contributed by atoms with Gasteiger partial charge in [0.1, 0.15) is 0 Å². The van der Waals surface area contributed by atoms with Crippen molar-refractivity contribution in [2.24, 2.45) is 10.4 Å². The van der Waals surface area contributed by atoms with Gasteiger partial charge in [0.25, 0.3) is 0 Å². The molecule has 0 aromatic heterocycles. The molecule has 1 saturated carbocycles. The van der Waals surface area contributed by atoms with Crippen LogP contribution in [0.3, 0.4) is 0 Å². The van der Waals surface area contributed by atoms with Crippen molar-refractivity contribution in [3.63, 3.8) is 0 Å². The molecule has 2 N–H and O–H groups in total. The molecule has 0 aromatic rings. The Bertz CT molecular complexity index is 311. The molecule has 0 amide bonds. The van der Waals surface area contributed by atoms with Gasteiger partial charge in [-0.2, -0.15) is 11.8 Å². The Morgan fingerprint density at radius 2 is 2.06 bits per heavy atom. The van der Waals surface area contributed by atoms with Gasteiger partial charge in [-0.25, -0.2) is 0 Å². The zero-order valence-electron chi connectivity index (χ0n) is 11.9. The van der Waals surface area contributed by atoms with Crippen molar-refractivity contribution in [3.05, 3.63) is 0 Å². The van der Waals surface area contributed by atoms with Crippen LogP contribution < -0.4 is 10.6 Å². The Labute approximate surface area is 132 Å². The fourth-order valence-electron chi connectivity index (χ4n) is 2.32. The van der Waals surface area contributed by atoms with E-state index in [1.165, 1.54) is 25.0 Å². The molecule has 3 nitrogen and oxygen atoms in total. The molecule has 2 unspecified atom stereocenters. The molecule has 1 heterocycles. The quantitative estimate of drug-likeness (QED) is 0.447. The van der Waals surface area contributed by atoms with Crippen molar-refractivity contribution in [2.75, 3.05) is 19.3 Å². The zero-order chi connectivity index (χ0) is 12.5. The second-order valence-corrected chi connectivity index (χ2v) is 7.90. The summed E-state index contributed by atoms with van der Waals surface area (Å²) in [5.74, 6) is 2.27. The van der Waals surface area contributed by atoms with Crippen molar-refractivity contribution in [2.45, 2.75) is 50.8 Å². The maximum Gasteiger partial charge on any atom is 0.191 e. The standard InChI is InChI=1S/C13H25N3S.HI/c1-12(2)8-10(12)16-11(14-4)15-9-13(3)6-5-7-17-13;/h10H,5-9H2,1-4H3,(H2,14,15,16);1H. The first kappa shape index (κ1) is 16.4. The van der Waals surface area contributed by atoms with Gasteiger partial charge < -0.3 is 10.6 Å². The van der Waals surface area contributed by atoms with Crippen LogP contribution in [0.25, 0.3) is 0 Å². The average molecular weight is 383 g/mol. The molecule has 0 radical (unpaired) electrons. The van der Waals surface area contributed by atoms with E-state index in [2.05, 4.69) is 48.2 Å². The van der Waals surface area contributed by atoms with E-state index >= 15 is 0 Å². The van der Waals surface area contributed by atoms with Crippen LogP contribution in [0.2, 0.25) is 0 Å². The Balaban J connectivity index is 0.00000162. The maximum absolute atomic E-state index is 4.31. The van der Waals surface area contributed by atoms with E-state index in [0.717, 1.165) is 12.5 Å². The molecule has 5 heteroatoms. The van der Waals surface area contributed by atoms with Gasteiger partial charge in [0, 0.05) is 24.4 Å². The molecule has 1 saturated heterocycles. The summed E-state index contributed by atoms with van der Waals surface area (Å²) in [6.07, 6.45) is 3.92. The first-order valence-corrected chi connectivity index (χ1v) is 7.55. The number of halogens is 1. The highest BCUT2D eigenvalue weighted by atomic mass is 127. The van der Waals surface area contributed by atoms with Crippen LogP contribution in [-0.4, -0.2) is 36.1 Å². The average Bonchev–Trinajstić information content (AvgIpc) is 2.68. The second-order valence-electron chi connectivity index (χ2n) is 6.22. The van der Waals surface area contributed by atoms with E-state index < -0.39 is 0 Å². The summed E-state index contributed by atoms with van der Waals surface area (Å²) >= 11 is 2.09. The van der Waals surface area contributed by atoms with Gasteiger partial charge in [-0.3, -0.25) is 4.99 Å². The van der Waals surface area contributed by atoms with Gasteiger partial charge in [0.05, 0.1) is 0 Å². The predicted molar refractivity (Wildman–Crippen MR) is 92.2 cm³/mol. The zero-order valence-corrected chi connectivity index (χ0v) is 15.0. The monoisotopic (exact) mass is 383 g/mol. The van der Waals surface area contributed by atoms with Gasteiger partial charge in [0.2, 0.25) is 0 Å². The lowest BCUT2D eigenvalue weighted by molar-refractivity contribution is 0.567. The minimum atomic E-state index is 0. The summed E-state index contributed by atoms with van der Waals surface area (Å²) in [6, 6.07) is 0.595. The molecule has 0 aromatic carbocycles. The van der Waals surface area contributed by atoms with E-state index in [1.54, 1.807) is 0 Å². The number of rotatable bonds is 3. The van der Waals surface area contributed by atoms with Crippen LogP contribution in [-0.2, 0) is 0 Å².